The summed E-state index contributed by atoms with van der Waals surface area (Å²) < 4.78 is 0. The summed E-state index contributed by atoms with van der Waals surface area (Å²) in [5.74, 6) is 0.800. The minimum atomic E-state index is -0.117. The van der Waals surface area contributed by atoms with Crippen LogP contribution in [0.25, 0.3) is 0 Å². The Kier molecular flexibility index (Phi) is 9.64. The first-order valence-electron chi connectivity index (χ1n) is 10.6. The second-order valence-electron chi connectivity index (χ2n) is 7.97. The van der Waals surface area contributed by atoms with Crippen molar-refractivity contribution in [3.8, 4) is 0 Å². The van der Waals surface area contributed by atoms with Crippen molar-refractivity contribution in [3.63, 3.8) is 0 Å². The summed E-state index contributed by atoms with van der Waals surface area (Å²) in [5.41, 5.74) is 0.830. The fourth-order valence-electron chi connectivity index (χ4n) is 3.80. The van der Waals surface area contributed by atoms with Crippen molar-refractivity contribution >= 4 is 11.7 Å². The second-order valence-corrected chi connectivity index (χ2v) is 7.97. The number of para-hydroxylation sites is 1. The molecule has 0 unspecified atom stereocenters. The third-order valence-corrected chi connectivity index (χ3v) is 5.86. The highest BCUT2D eigenvalue weighted by Gasteiger charge is 2.22. The number of anilines is 1. The molecule has 0 heterocycles. The maximum absolute atomic E-state index is 12.3. The van der Waals surface area contributed by atoms with Crippen LogP contribution >= 0.6 is 0 Å². The first-order valence-corrected chi connectivity index (χ1v) is 10.6. The number of rotatable bonds is 10. The van der Waals surface area contributed by atoms with E-state index in [4.69, 9.17) is 0 Å². The molecule has 0 radical (unpaired) electrons. The van der Waals surface area contributed by atoms with E-state index in [0.717, 1.165) is 31.2 Å². The summed E-state index contributed by atoms with van der Waals surface area (Å²) in [6, 6.07) is 9.90. The summed E-state index contributed by atoms with van der Waals surface area (Å²) in [6.45, 7) is 6.05. The first kappa shape index (κ1) is 21.7. The Labute approximate surface area is 165 Å². The predicted octanol–water partition coefficient (Wildman–Crippen LogP) is 4.03. The molecule has 5 nitrogen and oxygen atoms in total. The van der Waals surface area contributed by atoms with E-state index < -0.39 is 0 Å². The van der Waals surface area contributed by atoms with Gasteiger partial charge < -0.3 is 20.4 Å². The number of hydrogen-bond acceptors (Lipinski definition) is 3. The number of benzene rings is 1. The lowest BCUT2D eigenvalue weighted by molar-refractivity contribution is 0.167. The third kappa shape index (κ3) is 8.31. The van der Waals surface area contributed by atoms with Gasteiger partial charge in [-0.2, -0.15) is 0 Å². The van der Waals surface area contributed by atoms with Gasteiger partial charge in [0, 0.05) is 31.4 Å². The van der Waals surface area contributed by atoms with Crippen molar-refractivity contribution in [1.29, 1.82) is 0 Å². The lowest BCUT2D eigenvalue weighted by atomic mass is 9.84. The summed E-state index contributed by atoms with van der Waals surface area (Å²) in [4.78, 5) is 17.1. The number of amides is 2. The molecule has 1 atom stereocenters. The molecule has 2 amide bonds. The van der Waals surface area contributed by atoms with Crippen molar-refractivity contribution < 1.29 is 4.79 Å². The molecular weight excluding hydrogens is 336 g/mol. The van der Waals surface area contributed by atoms with Gasteiger partial charge in [-0.3, -0.25) is 0 Å². The predicted molar refractivity (Wildman–Crippen MR) is 114 cm³/mol. The van der Waals surface area contributed by atoms with E-state index in [9.17, 15) is 4.79 Å². The molecule has 0 bridgehead atoms. The van der Waals surface area contributed by atoms with Gasteiger partial charge >= 0.3 is 6.03 Å². The normalized spacial score (nSPS) is 16.5. The molecule has 0 saturated heterocycles. The van der Waals surface area contributed by atoms with Crippen molar-refractivity contribution in [1.82, 2.24) is 15.1 Å². The molecule has 1 aromatic rings. The van der Waals surface area contributed by atoms with E-state index in [1.165, 1.54) is 38.5 Å². The van der Waals surface area contributed by atoms with Gasteiger partial charge in [-0.25, -0.2) is 4.79 Å². The minimum absolute atomic E-state index is 0.117. The summed E-state index contributed by atoms with van der Waals surface area (Å²) in [6.07, 6.45) is 7.97. The zero-order chi connectivity index (χ0) is 19.5. The number of carbonyl (C=O) groups excluding carboxylic acids is 1. The third-order valence-electron chi connectivity index (χ3n) is 5.86. The van der Waals surface area contributed by atoms with Crippen LogP contribution in [0.4, 0.5) is 10.5 Å². The van der Waals surface area contributed by atoms with Gasteiger partial charge in [-0.15, -0.1) is 0 Å². The lowest BCUT2D eigenvalue weighted by Crippen LogP contribution is -2.46. The van der Waals surface area contributed by atoms with Gasteiger partial charge in [0.1, 0.15) is 0 Å². The Bertz CT molecular complexity index is 530. The Balaban J connectivity index is 1.86. The number of likely N-dealkylation sites (N-methyl/N-ethyl adjacent to an activating group) is 2. The van der Waals surface area contributed by atoms with Crippen LogP contribution in [0.2, 0.25) is 0 Å². The van der Waals surface area contributed by atoms with Gasteiger partial charge in [0.2, 0.25) is 0 Å². The Morgan fingerprint density at radius 2 is 1.81 bits per heavy atom. The molecule has 2 N–H and O–H groups in total. The molecule has 1 aliphatic rings. The van der Waals surface area contributed by atoms with Crippen LogP contribution in [0, 0.1) is 5.92 Å². The van der Waals surface area contributed by atoms with Gasteiger partial charge in [-0.05, 0) is 45.1 Å². The molecule has 0 aliphatic heterocycles. The molecule has 1 saturated carbocycles. The highest BCUT2D eigenvalue weighted by Crippen LogP contribution is 2.28. The van der Waals surface area contributed by atoms with Crippen LogP contribution in [0.3, 0.4) is 0 Å². The summed E-state index contributed by atoms with van der Waals surface area (Å²) >= 11 is 0. The zero-order valence-electron chi connectivity index (χ0n) is 17.4. The van der Waals surface area contributed by atoms with Crippen LogP contribution < -0.4 is 10.6 Å². The molecule has 1 aliphatic carbocycles. The quantitative estimate of drug-likeness (QED) is 0.650. The van der Waals surface area contributed by atoms with Gasteiger partial charge in [0.15, 0.2) is 0 Å². The van der Waals surface area contributed by atoms with E-state index in [1.807, 2.05) is 30.3 Å². The van der Waals surface area contributed by atoms with Crippen molar-refractivity contribution in [2.45, 2.75) is 51.5 Å². The zero-order valence-corrected chi connectivity index (χ0v) is 17.4. The van der Waals surface area contributed by atoms with Crippen LogP contribution in [-0.4, -0.2) is 62.1 Å². The molecular formula is C22H38N4O. The molecule has 1 fully saturated rings. The number of carbonyl (C=O) groups is 1. The fourth-order valence-corrected chi connectivity index (χ4v) is 3.80. The molecule has 152 valence electrons. The lowest BCUT2D eigenvalue weighted by Gasteiger charge is -2.33. The van der Waals surface area contributed by atoms with E-state index in [0.29, 0.717) is 12.6 Å². The van der Waals surface area contributed by atoms with E-state index >= 15 is 0 Å². The summed E-state index contributed by atoms with van der Waals surface area (Å²) in [5, 5.41) is 6.02. The standard InChI is InChI=1S/C22H38N4O/c1-4-25(2)15-16-26(3)21(17-19-11-7-5-8-12-19)18-23-22(27)24-20-13-9-6-10-14-20/h6,9-10,13-14,19,21H,4-5,7-8,11-12,15-18H2,1-3H3,(H2,23,24,27)/t21-/m1/s1. The number of hydrogen-bond donors (Lipinski definition) is 2. The van der Waals surface area contributed by atoms with Crippen LogP contribution in [-0.2, 0) is 0 Å². The monoisotopic (exact) mass is 374 g/mol. The molecule has 0 aromatic heterocycles. The van der Waals surface area contributed by atoms with Crippen LogP contribution in [0.5, 0.6) is 0 Å². The fraction of sp³-hybridized carbons (Fsp3) is 0.682. The number of nitrogens with one attached hydrogen (secondary N) is 2. The molecule has 27 heavy (non-hydrogen) atoms. The number of urea groups is 1. The van der Waals surface area contributed by atoms with Crippen molar-refractivity contribution in [3.05, 3.63) is 30.3 Å². The van der Waals surface area contributed by atoms with Gasteiger partial charge in [0.25, 0.3) is 0 Å². The van der Waals surface area contributed by atoms with E-state index in [-0.39, 0.29) is 6.03 Å². The second kappa shape index (κ2) is 12.0. The van der Waals surface area contributed by atoms with E-state index in [2.05, 4.69) is 41.5 Å². The molecule has 2 rings (SSSR count). The average Bonchev–Trinajstić information content (AvgIpc) is 2.70. The Morgan fingerprint density at radius 3 is 2.48 bits per heavy atom. The summed E-state index contributed by atoms with van der Waals surface area (Å²) in [7, 11) is 4.36. The topological polar surface area (TPSA) is 47.6 Å². The highest BCUT2D eigenvalue weighted by atomic mass is 16.2. The van der Waals surface area contributed by atoms with Crippen molar-refractivity contribution in [2.24, 2.45) is 5.92 Å². The van der Waals surface area contributed by atoms with Crippen molar-refractivity contribution in [2.75, 3.05) is 45.6 Å². The SMILES string of the molecule is CCN(C)CCN(C)[C@@H](CNC(=O)Nc1ccccc1)CC1CCCCC1. The minimum Gasteiger partial charge on any atom is -0.336 e. The molecule has 0 spiro atoms. The van der Waals surface area contributed by atoms with Crippen LogP contribution in [0.1, 0.15) is 45.4 Å². The maximum atomic E-state index is 12.3. The largest absolute Gasteiger partial charge is 0.336 e. The Morgan fingerprint density at radius 1 is 1.11 bits per heavy atom. The van der Waals surface area contributed by atoms with Gasteiger partial charge in [-0.1, -0.05) is 57.2 Å². The molecule has 1 aromatic carbocycles. The van der Waals surface area contributed by atoms with Crippen LogP contribution in [0.15, 0.2) is 30.3 Å². The maximum Gasteiger partial charge on any atom is 0.319 e. The average molecular weight is 375 g/mol. The van der Waals surface area contributed by atoms with E-state index in [1.54, 1.807) is 0 Å². The highest BCUT2D eigenvalue weighted by molar-refractivity contribution is 5.89. The Hall–Kier alpha value is -1.59. The van der Waals surface area contributed by atoms with Gasteiger partial charge in [0.05, 0.1) is 0 Å². The first-order chi connectivity index (χ1) is 13.1. The smallest absolute Gasteiger partial charge is 0.319 e. The number of nitrogens with zero attached hydrogens (tertiary/aromatic N) is 2. The molecule has 5 heteroatoms.